The maximum atomic E-state index is 14.2. The Labute approximate surface area is 208 Å². The van der Waals surface area contributed by atoms with E-state index in [1.54, 1.807) is 6.07 Å². The summed E-state index contributed by atoms with van der Waals surface area (Å²) in [5, 5.41) is 0. The number of halogens is 1. The van der Waals surface area contributed by atoms with E-state index in [1.807, 2.05) is 12.1 Å². The Kier molecular flexibility index (Phi) is 6.93. The highest BCUT2D eigenvalue weighted by Gasteiger charge is 2.41. The molecular weight excluding hydrogens is 467 g/mol. The predicted octanol–water partition coefficient (Wildman–Crippen LogP) is 4.82. The minimum atomic E-state index is -1.74. The molecule has 0 bridgehead atoms. The summed E-state index contributed by atoms with van der Waals surface area (Å²) < 4.78 is 41.8. The summed E-state index contributed by atoms with van der Waals surface area (Å²) in [7, 11) is -0.415. The number of carbonyl (C=O) groups is 1. The molecule has 6 nitrogen and oxygen atoms in total. The van der Waals surface area contributed by atoms with Crippen LogP contribution < -0.4 is 9.46 Å². The van der Waals surface area contributed by atoms with Crippen molar-refractivity contribution in [1.29, 1.82) is 0 Å². The number of ether oxygens (including phenoxy) is 2. The first-order valence-corrected chi connectivity index (χ1v) is 13.4. The van der Waals surface area contributed by atoms with Gasteiger partial charge in [-0.15, -0.1) is 0 Å². The number of nitrogens with zero attached hydrogens (tertiary/aromatic N) is 1. The zero-order valence-electron chi connectivity index (χ0n) is 20.1. The third-order valence-electron chi connectivity index (χ3n) is 7.20. The van der Waals surface area contributed by atoms with Crippen LogP contribution in [0.3, 0.4) is 0 Å². The van der Waals surface area contributed by atoms with Crippen molar-refractivity contribution in [2.45, 2.75) is 37.5 Å². The van der Waals surface area contributed by atoms with Crippen LogP contribution in [0.5, 0.6) is 5.75 Å². The van der Waals surface area contributed by atoms with E-state index in [-0.39, 0.29) is 11.4 Å². The van der Waals surface area contributed by atoms with E-state index in [1.165, 1.54) is 30.9 Å². The van der Waals surface area contributed by atoms with E-state index in [4.69, 9.17) is 9.47 Å². The Morgan fingerprint density at radius 3 is 2.97 bits per heavy atom. The highest BCUT2D eigenvalue weighted by molar-refractivity contribution is 7.86. The summed E-state index contributed by atoms with van der Waals surface area (Å²) in [4.78, 5) is 15.6. The number of hydrogen-bond acceptors (Lipinski definition) is 5. The van der Waals surface area contributed by atoms with E-state index in [0.717, 1.165) is 50.9 Å². The first kappa shape index (κ1) is 24.0. The lowest BCUT2D eigenvalue weighted by molar-refractivity contribution is 0.0597. The second-order valence-electron chi connectivity index (χ2n) is 9.57. The molecule has 1 saturated carbocycles. The third kappa shape index (κ3) is 5.14. The van der Waals surface area contributed by atoms with Gasteiger partial charge in [0.15, 0.2) is 11.0 Å². The lowest BCUT2D eigenvalue weighted by atomic mass is 10.0. The molecule has 1 saturated heterocycles. The number of carbonyl (C=O) groups excluding carboxylic acids is 1. The van der Waals surface area contributed by atoms with E-state index < -0.39 is 17.0 Å². The van der Waals surface area contributed by atoms with Gasteiger partial charge in [-0.2, -0.15) is 0 Å². The second kappa shape index (κ2) is 10.1. The number of esters is 1. The molecular formula is C27H31FN2O4S. The van der Waals surface area contributed by atoms with Gasteiger partial charge in [0.1, 0.15) is 17.1 Å². The molecule has 2 aliphatic heterocycles. The number of piperidine rings is 1. The van der Waals surface area contributed by atoms with Gasteiger partial charge in [0.25, 0.3) is 0 Å². The highest BCUT2D eigenvalue weighted by atomic mass is 32.2. The molecule has 35 heavy (non-hydrogen) atoms. The Bertz CT molecular complexity index is 1200. The van der Waals surface area contributed by atoms with Crippen molar-refractivity contribution < 1.29 is 22.9 Å². The monoisotopic (exact) mass is 498 g/mol. The number of likely N-dealkylation sites (tertiary alicyclic amines) is 1. The molecule has 0 aromatic heterocycles. The van der Waals surface area contributed by atoms with Crippen LogP contribution in [-0.4, -0.2) is 48.4 Å². The van der Waals surface area contributed by atoms with Crippen LogP contribution in [0.25, 0.3) is 6.08 Å². The van der Waals surface area contributed by atoms with E-state index in [2.05, 4.69) is 16.5 Å². The van der Waals surface area contributed by atoms with Crippen molar-refractivity contribution in [3.8, 4) is 5.75 Å². The standard InChI is InChI=1S/C27H31FN2O4S/c1-3-30-10-4-5-17(15-30)11-20-14-22(28)7-9-24(20)35(32)29-23-8-6-18-12-19-13-21(19)16-34-26(18)25(23)27(31)33-2/h6-9,11,14,19,21,29H,3-5,10,12-13,15-16H2,1-2H3/b17-11+/t19?,21-,35?/m1/s1. The molecule has 0 spiro atoms. The predicted molar refractivity (Wildman–Crippen MR) is 134 cm³/mol. The Morgan fingerprint density at radius 2 is 2.17 bits per heavy atom. The van der Waals surface area contributed by atoms with Gasteiger partial charge in [-0.3, -0.25) is 4.90 Å². The van der Waals surface area contributed by atoms with Gasteiger partial charge >= 0.3 is 5.97 Å². The van der Waals surface area contributed by atoms with Gasteiger partial charge in [-0.25, -0.2) is 13.4 Å². The van der Waals surface area contributed by atoms with Crippen LogP contribution in [0.1, 0.15) is 47.7 Å². The summed E-state index contributed by atoms with van der Waals surface area (Å²) in [5.41, 5.74) is 3.37. The summed E-state index contributed by atoms with van der Waals surface area (Å²) in [5.74, 6) is 0.701. The van der Waals surface area contributed by atoms with Gasteiger partial charge in [-0.05, 0) is 86.0 Å². The zero-order valence-corrected chi connectivity index (χ0v) is 21.0. The molecule has 0 radical (unpaired) electrons. The maximum Gasteiger partial charge on any atom is 0.343 e. The number of methoxy groups -OCH3 is 1. The van der Waals surface area contributed by atoms with E-state index in [9.17, 15) is 13.4 Å². The van der Waals surface area contributed by atoms with E-state index in [0.29, 0.717) is 40.3 Å². The van der Waals surface area contributed by atoms with Crippen molar-refractivity contribution in [2.75, 3.05) is 38.1 Å². The van der Waals surface area contributed by atoms with Crippen LogP contribution in [0.4, 0.5) is 10.1 Å². The number of anilines is 1. The minimum absolute atomic E-state index is 0.257. The Morgan fingerprint density at radius 1 is 1.31 bits per heavy atom. The fraction of sp³-hybridized carbons (Fsp3) is 0.444. The first-order valence-electron chi connectivity index (χ1n) is 12.2. The normalized spacial score (nSPS) is 23.5. The van der Waals surface area contributed by atoms with E-state index >= 15 is 0 Å². The summed E-state index contributed by atoms with van der Waals surface area (Å²) in [6, 6.07) is 7.95. The van der Waals surface area contributed by atoms with Crippen molar-refractivity contribution in [1.82, 2.24) is 4.90 Å². The molecule has 2 fully saturated rings. The smallest absolute Gasteiger partial charge is 0.343 e. The Hall–Kier alpha value is -2.71. The number of hydrogen-bond donors (Lipinski definition) is 1. The largest absolute Gasteiger partial charge is 0.492 e. The SMILES string of the molecule is CCN1CCC/C(=C\c2cc(F)ccc2S(=O)Nc2ccc3c(c2C(=O)OC)OC[C@H]2CC2C3)C1. The Balaban J connectivity index is 1.46. The maximum absolute atomic E-state index is 14.2. The molecule has 2 aromatic carbocycles. The lowest BCUT2D eigenvalue weighted by Crippen LogP contribution is -2.30. The molecule has 2 aromatic rings. The van der Waals surface area contributed by atoms with Crippen LogP contribution in [0, 0.1) is 17.7 Å². The number of likely N-dealkylation sites (N-methyl/N-ethyl adjacent to an activating group) is 1. The fourth-order valence-electron chi connectivity index (χ4n) is 5.12. The molecule has 2 heterocycles. The van der Waals surface area contributed by atoms with Crippen LogP contribution in [-0.2, 0) is 22.1 Å². The van der Waals surface area contributed by atoms with Gasteiger partial charge < -0.3 is 14.2 Å². The van der Waals surface area contributed by atoms with Gasteiger partial charge in [0, 0.05) is 6.54 Å². The lowest BCUT2D eigenvalue weighted by Gasteiger charge is -2.27. The average molecular weight is 499 g/mol. The van der Waals surface area contributed by atoms with Gasteiger partial charge in [0.2, 0.25) is 0 Å². The topological polar surface area (TPSA) is 67.9 Å². The molecule has 0 amide bonds. The molecule has 3 aliphatic rings. The van der Waals surface area contributed by atoms with Crippen molar-refractivity contribution in [3.63, 3.8) is 0 Å². The molecule has 1 aliphatic carbocycles. The fourth-order valence-corrected chi connectivity index (χ4v) is 6.12. The third-order valence-corrected chi connectivity index (χ3v) is 8.38. The first-order chi connectivity index (χ1) is 17.0. The molecule has 3 atom stereocenters. The molecule has 1 N–H and O–H groups in total. The van der Waals surface area contributed by atoms with Gasteiger partial charge in [0.05, 0.1) is 24.3 Å². The molecule has 5 rings (SSSR count). The number of nitrogens with one attached hydrogen (secondary N) is 1. The number of fused-ring (bicyclic) bond motifs is 2. The summed E-state index contributed by atoms with van der Waals surface area (Å²) in [6.07, 6.45) is 5.94. The average Bonchev–Trinajstić information content (AvgIpc) is 3.62. The van der Waals surface area contributed by atoms with Crippen LogP contribution in [0.15, 0.2) is 40.8 Å². The molecule has 2 unspecified atom stereocenters. The van der Waals surface area contributed by atoms with Crippen molar-refractivity contribution in [2.24, 2.45) is 11.8 Å². The van der Waals surface area contributed by atoms with Crippen LogP contribution in [0.2, 0.25) is 0 Å². The van der Waals surface area contributed by atoms with Gasteiger partial charge in [-0.1, -0.05) is 24.6 Å². The second-order valence-corrected chi connectivity index (χ2v) is 10.7. The molecule has 8 heteroatoms. The zero-order chi connectivity index (χ0) is 24.5. The number of rotatable bonds is 6. The number of benzene rings is 2. The highest BCUT2D eigenvalue weighted by Crippen LogP contribution is 2.47. The van der Waals surface area contributed by atoms with Crippen molar-refractivity contribution >= 4 is 28.7 Å². The summed E-state index contributed by atoms with van der Waals surface area (Å²) >= 11 is 0. The summed E-state index contributed by atoms with van der Waals surface area (Å²) in [6.45, 7) is 5.53. The minimum Gasteiger partial charge on any atom is -0.492 e. The van der Waals surface area contributed by atoms with Crippen LogP contribution >= 0.6 is 0 Å². The quantitative estimate of drug-likeness (QED) is 0.579. The molecule has 186 valence electrons. The van der Waals surface area contributed by atoms with Crippen molar-refractivity contribution in [3.05, 3.63) is 58.4 Å².